The van der Waals surface area contributed by atoms with Gasteiger partial charge in [-0.2, -0.15) is 13.2 Å². The van der Waals surface area contributed by atoms with E-state index < -0.39 is 18.1 Å². The highest BCUT2D eigenvalue weighted by atomic mass is 19.4. The number of benzene rings is 2. The highest BCUT2D eigenvalue weighted by Crippen LogP contribution is 2.37. The maximum absolute atomic E-state index is 12.9. The molecule has 1 amide bonds. The van der Waals surface area contributed by atoms with Crippen LogP contribution >= 0.6 is 0 Å². The Labute approximate surface area is 188 Å². The minimum absolute atomic E-state index is 0.108. The molecule has 7 nitrogen and oxygen atoms in total. The summed E-state index contributed by atoms with van der Waals surface area (Å²) in [6, 6.07) is 12.3. The molecule has 4 rings (SSSR count). The Balaban J connectivity index is 1.73. The number of piperidine rings is 1. The fourth-order valence-corrected chi connectivity index (χ4v) is 4.23. The van der Waals surface area contributed by atoms with E-state index in [0.29, 0.717) is 41.2 Å². The molecule has 0 bridgehead atoms. The number of nitrogens with zero attached hydrogens (tertiary/aromatic N) is 3. The van der Waals surface area contributed by atoms with E-state index in [1.54, 1.807) is 12.1 Å². The van der Waals surface area contributed by atoms with Crippen molar-refractivity contribution >= 4 is 22.6 Å². The lowest BCUT2D eigenvalue weighted by Crippen LogP contribution is -2.53. The van der Waals surface area contributed by atoms with Gasteiger partial charge in [-0.25, -0.2) is 9.97 Å². The van der Waals surface area contributed by atoms with Gasteiger partial charge in [0.15, 0.2) is 11.5 Å². The first-order chi connectivity index (χ1) is 15.8. The van der Waals surface area contributed by atoms with E-state index in [2.05, 4.69) is 15.3 Å². The molecule has 2 unspecified atom stereocenters. The van der Waals surface area contributed by atoms with Crippen LogP contribution < -0.4 is 19.7 Å². The van der Waals surface area contributed by atoms with Crippen molar-refractivity contribution in [1.29, 1.82) is 0 Å². The van der Waals surface area contributed by atoms with Gasteiger partial charge in [-0.3, -0.25) is 4.79 Å². The Bertz CT molecular complexity index is 1140. The molecule has 1 fully saturated rings. The third-order valence-electron chi connectivity index (χ3n) is 5.73. The lowest BCUT2D eigenvalue weighted by molar-refractivity contribution is -0.174. The molecule has 0 saturated carbocycles. The maximum atomic E-state index is 12.9. The van der Waals surface area contributed by atoms with Crippen LogP contribution in [0.1, 0.15) is 17.9 Å². The standard InChI is InChI=1S/C23H23F3N4O3/c1-32-19-9-17-18(10-20(19)33-2)27-13-28-21(17)30-11-15(14-6-4-3-5-7-14)8-16(12-30)29-22(31)23(24,25)26/h3-7,9-10,13,15-16H,8,11-12H2,1-2H3,(H,29,31). The van der Waals surface area contributed by atoms with Crippen LogP contribution in [-0.4, -0.2) is 55.4 Å². The molecule has 33 heavy (non-hydrogen) atoms. The van der Waals surface area contributed by atoms with E-state index in [9.17, 15) is 18.0 Å². The quantitative estimate of drug-likeness (QED) is 0.626. The minimum Gasteiger partial charge on any atom is -0.493 e. The summed E-state index contributed by atoms with van der Waals surface area (Å²) in [6.45, 7) is 0.689. The molecule has 1 N–H and O–H groups in total. The first kappa shape index (κ1) is 22.6. The summed E-state index contributed by atoms with van der Waals surface area (Å²) in [6.07, 6.45) is -3.17. The number of rotatable bonds is 5. The minimum atomic E-state index is -4.95. The third-order valence-corrected chi connectivity index (χ3v) is 5.73. The zero-order chi connectivity index (χ0) is 23.6. The van der Waals surface area contributed by atoms with Crippen molar-refractivity contribution in [3.05, 3.63) is 54.4 Å². The Morgan fingerprint density at radius 1 is 1.06 bits per heavy atom. The molecule has 0 aliphatic carbocycles. The van der Waals surface area contributed by atoms with Gasteiger partial charge < -0.3 is 19.7 Å². The molecule has 174 valence electrons. The second-order valence-electron chi connectivity index (χ2n) is 7.84. The number of anilines is 1. The molecular formula is C23H23F3N4O3. The molecule has 2 atom stereocenters. The Morgan fingerprint density at radius 3 is 2.42 bits per heavy atom. The average Bonchev–Trinajstić information content (AvgIpc) is 2.82. The van der Waals surface area contributed by atoms with E-state index >= 15 is 0 Å². The smallest absolute Gasteiger partial charge is 0.471 e. The Morgan fingerprint density at radius 2 is 1.76 bits per heavy atom. The average molecular weight is 460 g/mol. The van der Waals surface area contributed by atoms with E-state index in [1.807, 2.05) is 35.2 Å². The molecule has 1 aromatic heterocycles. The molecule has 0 radical (unpaired) electrons. The summed E-state index contributed by atoms with van der Waals surface area (Å²) in [7, 11) is 3.04. The molecule has 10 heteroatoms. The molecule has 3 aromatic rings. The highest BCUT2D eigenvalue weighted by Gasteiger charge is 2.41. The van der Waals surface area contributed by atoms with Gasteiger partial charge in [-0.05, 0) is 18.1 Å². The first-order valence-corrected chi connectivity index (χ1v) is 10.3. The molecule has 1 aliphatic rings. The van der Waals surface area contributed by atoms with E-state index in [4.69, 9.17) is 9.47 Å². The molecule has 2 heterocycles. The number of carbonyl (C=O) groups excluding carboxylic acids is 1. The van der Waals surface area contributed by atoms with Crippen LogP contribution in [0.15, 0.2) is 48.8 Å². The number of hydrogen-bond donors (Lipinski definition) is 1. The van der Waals surface area contributed by atoms with Crippen LogP contribution in [0.4, 0.5) is 19.0 Å². The van der Waals surface area contributed by atoms with Crippen LogP contribution in [0.2, 0.25) is 0 Å². The van der Waals surface area contributed by atoms with Gasteiger partial charge in [0, 0.05) is 36.5 Å². The van der Waals surface area contributed by atoms with Gasteiger partial charge in [0.1, 0.15) is 12.1 Å². The van der Waals surface area contributed by atoms with Crippen molar-refractivity contribution < 1.29 is 27.4 Å². The zero-order valence-corrected chi connectivity index (χ0v) is 18.1. The Kier molecular flexibility index (Phi) is 6.26. The van der Waals surface area contributed by atoms with Gasteiger partial charge in [-0.1, -0.05) is 30.3 Å². The molecule has 1 saturated heterocycles. The number of ether oxygens (including phenoxy) is 2. The number of methoxy groups -OCH3 is 2. The number of fused-ring (bicyclic) bond motifs is 1. The van der Waals surface area contributed by atoms with Gasteiger partial charge in [0.05, 0.1) is 19.7 Å². The van der Waals surface area contributed by atoms with Crippen molar-refractivity contribution in [2.45, 2.75) is 24.6 Å². The van der Waals surface area contributed by atoms with Crippen LogP contribution in [0, 0.1) is 0 Å². The van der Waals surface area contributed by atoms with Crippen molar-refractivity contribution in [1.82, 2.24) is 15.3 Å². The fraction of sp³-hybridized carbons (Fsp3) is 0.348. The van der Waals surface area contributed by atoms with Gasteiger partial charge in [0.25, 0.3) is 0 Å². The largest absolute Gasteiger partial charge is 0.493 e. The number of aromatic nitrogens is 2. The normalized spacial score (nSPS) is 18.8. The van der Waals surface area contributed by atoms with Crippen LogP contribution in [0.25, 0.3) is 10.9 Å². The number of nitrogens with one attached hydrogen (secondary N) is 1. The predicted octanol–water partition coefficient (Wildman–Crippen LogP) is 3.69. The topological polar surface area (TPSA) is 76.6 Å². The molecular weight excluding hydrogens is 437 g/mol. The second-order valence-corrected chi connectivity index (χ2v) is 7.84. The van der Waals surface area contributed by atoms with Crippen molar-refractivity contribution in [2.24, 2.45) is 0 Å². The number of carbonyl (C=O) groups is 1. The molecule has 1 aliphatic heterocycles. The lowest BCUT2D eigenvalue weighted by atomic mass is 9.88. The van der Waals surface area contributed by atoms with Gasteiger partial charge >= 0.3 is 12.1 Å². The summed E-state index contributed by atoms with van der Waals surface area (Å²) in [5.41, 5.74) is 1.58. The number of halogens is 3. The highest BCUT2D eigenvalue weighted by molar-refractivity contribution is 5.92. The van der Waals surface area contributed by atoms with Gasteiger partial charge in [-0.15, -0.1) is 0 Å². The Hall–Kier alpha value is -3.56. The maximum Gasteiger partial charge on any atom is 0.471 e. The lowest BCUT2D eigenvalue weighted by Gasteiger charge is -2.39. The number of alkyl halides is 3. The fourth-order valence-electron chi connectivity index (χ4n) is 4.23. The molecule has 0 spiro atoms. The zero-order valence-electron chi connectivity index (χ0n) is 18.1. The van der Waals surface area contributed by atoms with Crippen molar-refractivity contribution in [3.8, 4) is 11.5 Å². The third kappa shape index (κ3) is 4.79. The SMILES string of the molecule is COc1cc2ncnc(N3CC(NC(=O)C(F)(F)F)CC(c4ccccc4)C3)c2cc1OC. The summed E-state index contributed by atoms with van der Waals surface area (Å²) in [4.78, 5) is 22.3. The summed E-state index contributed by atoms with van der Waals surface area (Å²) in [5, 5.41) is 2.82. The summed E-state index contributed by atoms with van der Waals surface area (Å²) < 4.78 is 49.6. The first-order valence-electron chi connectivity index (χ1n) is 10.3. The van der Waals surface area contributed by atoms with Crippen LogP contribution in [0.5, 0.6) is 11.5 Å². The predicted molar refractivity (Wildman–Crippen MR) is 117 cm³/mol. The summed E-state index contributed by atoms with van der Waals surface area (Å²) in [5.74, 6) is -0.512. The van der Waals surface area contributed by atoms with E-state index in [0.717, 1.165) is 5.56 Å². The number of hydrogen-bond acceptors (Lipinski definition) is 6. The molecule has 2 aromatic carbocycles. The van der Waals surface area contributed by atoms with Crippen LogP contribution in [0.3, 0.4) is 0 Å². The summed E-state index contributed by atoms with van der Waals surface area (Å²) >= 11 is 0. The van der Waals surface area contributed by atoms with Crippen molar-refractivity contribution in [2.75, 3.05) is 32.2 Å². The second kappa shape index (κ2) is 9.13. The van der Waals surface area contributed by atoms with Crippen molar-refractivity contribution in [3.63, 3.8) is 0 Å². The monoisotopic (exact) mass is 460 g/mol. The van der Waals surface area contributed by atoms with E-state index in [1.165, 1.54) is 20.5 Å². The van der Waals surface area contributed by atoms with E-state index in [-0.39, 0.29) is 12.5 Å². The van der Waals surface area contributed by atoms with Gasteiger partial charge in [0.2, 0.25) is 0 Å². The van der Waals surface area contributed by atoms with Crippen LogP contribution in [-0.2, 0) is 4.79 Å². The number of amides is 1.